The van der Waals surface area contributed by atoms with E-state index in [4.69, 9.17) is 30.5 Å². The molecule has 42 heavy (non-hydrogen) atoms. The summed E-state index contributed by atoms with van der Waals surface area (Å²) in [6.07, 6.45) is -1.99. The molecule has 1 amide bonds. The maximum atomic E-state index is 12.7. The molecule has 1 fully saturated rings. The summed E-state index contributed by atoms with van der Waals surface area (Å²) in [5.74, 6) is 4.84. The molecule has 0 radical (unpaired) electrons. The molecule has 1 aliphatic rings. The number of amides is 1. The van der Waals surface area contributed by atoms with Crippen molar-refractivity contribution in [3.8, 4) is 11.8 Å². The fourth-order valence-corrected chi connectivity index (χ4v) is 6.65. The molecule has 1 aliphatic heterocycles. The molecule has 230 valence electrons. The van der Waals surface area contributed by atoms with Crippen molar-refractivity contribution in [2.45, 2.75) is 31.8 Å². The number of nitrogens with two attached hydrogens (primary N) is 1. The Morgan fingerprint density at radius 1 is 1.33 bits per heavy atom. The monoisotopic (exact) mass is 656 g/mol. The molecule has 25 heteroatoms. The normalized spacial score (nSPS) is 21.5. The Bertz CT molecular complexity index is 1650. The van der Waals surface area contributed by atoms with E-state index < -0.39 is 60.8 Å². The Morgan fingerprint density at radius 2 is 2.05 bits per heavy atom. The zero-order valence-corrected chi connectivity index (χ0v) is 23.8. The first-order chi connectivity index (χ1) is 19.5. The number of azide groups is 1. The van der Waals surface area contributed by atoms with Crippen molar-refractivity contribution in [2.24, 2.45) is 5.11 Å². The van der Waals surface area contributed by atoms with Gasteiger partial charge in [-0.15, -0.1) is 0 Å². The van der Waals surface area contributed by atoms with E-state index in [0.29, 0.717) is 0 Å². The lowest BCUT2D eigenvalue weighted by atomic mass is 10.2. The van der Waals surface area contributed by atoms with Crippen LogP contribution in [-0.4, -0.2) is 72.1 Å². The number of aromatic nitrogens is 3. The van der Waals surface area contributed by atoms with Crippen molar-refractivity contribution in [1.82, 2.24) is 19.9 Å². The third-order valence-electron chi connectivity index (χ3n) is 5.07. The van der Waals surface area contributed by atoms with Crippen LogP contribution >= 0.6 is 23.5 Å². The van der Waals surface area contributed by atoms with E-state index in [0.717, 1.165) is 0 Å². The van der Waals surface area contributed by atoms with E-state index in [-0.39, 0.29) is 41.4 Å². The van der Waals surface area contributed by atoms with Crippen LogP contribution in [0.2, 0.25) is 0 Å². The fraction of sp³-hybridized carbons (Fsp3) is 0.471. The SMILES string of the molecule is CC(=O)NCC#Cc1cn([C@H]2C[C@@H](OCN=[N+]=[N-])[C@@H](COP(=O)(O)OP(=O)(O)OP(=O)(O)O)O2)c2nc(N)[nH]c(=O)c12. The van der Waals surface area contributed by atoms with E-state index in [1.54, 1.807) is 0 Å². The minimum absolute atomic E-state index is 0.0198. The van der Waals surface area contributed by atoms with Gasteiger partial charge in [0.1, 0.15) is 19.1 Å². The zero-order chi connectivity index (χ0) is 31.3. The molecule has 0 saturated carbocycles. The number of rotatable bonds is 12. The number of anilines is 1. The fourth-order valence-electron chi connectivity index (χ4n) is 3.62. The van der Waals surface area contributed by atoms with Gasteiger partial charge in [-0.2, -0.15) is 13.6 Å². The molecule has 8 N–H and O–H groups in total. The summed E-state index contributed by atoms with van der Waals surface area (Å²) < 4.78 is 59.3. The highest BCUT2D eigenvalue weighted by molar-refractivity contribution is 7.66. The number of aromatic amines is 1. The number of phosphoric acid groups is 3. The first-order valence-electron chi connectivity index (χ1n) is 11.2. The van der Waals surface area contributed by atoms with Gasteiger partial charge in [-0.05, 0) is 5.53 Å². The van der Waals surface area contributed by atoms with Crippen LogP contribution in [0.5, 0.6) is 0 Å². The van der Waals surface area contributed by atoms with Crippen LogP contribution in [-0.2, 0) is 41.1 Å². The number of hydrogen-bond acceptors (Lipinski definition) is 13. The first-order valence-corrected chi connectivity index (χ1v) is 15.7. The van der Waals surface area contributed by atoms with Gasteiger partial charge in [0.2, 0.25) is 11.9 Å². The molecular formula is C17H23N8O14P3. The molecule has 22 nitrogen and oxygen atoms in total. The quantitative estimate of drug-likeness (QED) is 0.0522. The number of ether oxygens (including phenoxy) is 2. The number of carbonyl (C=O) groups excluding carboxylic acids is 1. The van der Waals surface area contributed by atoms with Crippen molar-refractivity contribution in [3.05, 3.63) is 32.6 Å². The predicted molar refractivity (Wildman–Crippen MR) is 138 cm³/mol. The maximum Gasteiger partial charge on any atom is 0.490 e. The van der Waals surface area contributed by atoms with Gasteiger partial charge in [0, 0.05) is 24.5 Å². The van der Waals surface area contributed by atoms with Crippen LogP contribution in [0.1, 0.15) is 25.1 Å². The second-order valence-electron chi connectivity index (χ2n) is 8.13. The third kappa shape index (κ3) is 9.46. The highest BCUT2D eigenvalue weighted by Crippen LogP contribution is 2.66. The van der Waals surface area contributed by atoms with Crippen molar-refractivity contribution in [1.29, 1.82) is 0 Å². The number of phosphoric ester groups is 1. The lowest BCUT2D eigenvalue weighted by Gasteiger charge is -2.21. The number of nitrogens with one attached hydrogen (secondary N) is 2. The van der Waals surface area contributed by atoms with E-state index in [1.165, 1.54) is 17.7 Å². The molecule has 3 heterocycles. The molecule has 5 atom stereocenters. The second-order valence-corrected chi connectivity index (χ2v) is 12.5. The number of fused-ring (bicyclic) bond motifs is 1. The lowest BCUT2D eigenvalue weighted by Crippen LogP contribution is -2.29. The van der Waals surface area contributed by atoms with Crippen molar-refractivity contribution in [3.63, 3.8) is 0 Å². The van der Waals surface area contributed by atoms with Crippen molar-refractivity contribution in [2.75, 3.05) is 25.6 Å². The number of H-pyrrole nitrogens is 1. The Morgan fingerprint density at radius 3 is 2.69 bits per heavy atom. The average Bonchev–Trinajstić information content (AvgIpc) is 3.39. The predicted octanol–water partition coefficient (Wildman–Crippen LogP) is 0.0782. The van der Waals surface area contributed by atoms with Gasteiger partial charge in [-0.25, -0.2) is 13.7 Å². The summed E-state index contributed by atoms with van der Waals surface area (Å²) in [5.41, 5.74) is 13.8. The number of carbonyl (C=O) groups is 1. The van der Waals surface area contributed by atoms with Crippen LogP contribution in [0.15, 0.2) is 16.1 Å². The van der Waals surface area contributed by atoms with E-state index >= 15 is 0 Å². The van der Waals surface area contributed by atoms with Crippen molar-refractivity contribution >= 4 is 46.4 Å². The zero-order valence-electron chi connectivity index (χ0n) is 21.2. The van der Waals surface area contributed by atoms with Crippen LogP contribution in [0.4, 0.5) is 5.95 Å². The highest BCUT2D eigenvalue weighted by Gasteiger charge is 2.43. The Hall–Kier alpha value is -3.11. The van der Waals surface area contributed by atoms with Gasteiger partial charge in [-0.3, -0.25) is 19.1 Å². The minimum Gasteiger partial charge on any atom is -0.369 e. The first kappa shape index (κ1) is 33.4. The van der Waals surface area contributed by atoms with Gasteiger partial charge in [0.05, 0.1) is 30.2 Å². The molecule has 0 bridgehead atoms. The summed E-state index contributed by atoms with van der Waals surface area (Å²) in [6, 6.07) is 0. The minimum atomic E-state index is -5.77. The number of hydrogen-bond donors (Lipinski definition) is 7. The van der Waals surface area contributed by atoms with Gasteiger partial charge in [-0.1, -0.05) is 17.0 Å². The van der Waals surface area contributed by atoms with E-state index in [1.807, 2.05) is 0 Å². The molecule has 2 unspecified atom stereocenters. The standard InChI is InChI=1S/C17H23N8O14P3/c1-9(26)20-4-2-3-10-6-25(15-14(10)16(27)23-17(18)22-15)13-5-11(35-8-21-24-19)12(37-13)7-36-41(31,32)39-42(33,34)38-40(28,29)30/h6,11-13H,4-5,7-8H2,1H3,(H,20,26)(H,31,32)(H,33,34)(H2,28,29,30)(H3,18,22,23,27)/t11-,12-,13-/m1/s1. The molecule has 2 aromatic heterocycles. The molecule has 0 aliphatic carbocycles. The van der Waals surface area contributed by atoms with Crippen LogP contribution in [0, 0.1) is 11.8 Å². The summed E-state index contributed by atoms with van der Waals surface area (Å²) in [4.78, 5) is 69.2. The summed E-state index contributed by atoms with van der Waals surface area (Å²) >= 11 is 0. The average molecular weight is 656 g/mol. The molecule has 1 saturated heterocycles. The van der Waals surface area contributed by atoms with Crippen LogP contribution in [0.3, 0.4) is 0 Å². The van der Waals surface area contributed by atoms with E-state index in [2.05, 4.69) is 50.3 Å². The summed E-state index contributed by atoms with van der Waals surface area (Å²) in [6.45, 7) is -0.121. The molecular weight excluding hydrogens is 633 g/mol. The van der Waals surface area contributed by atoms with Gasteiger partial charge in [0.15, 0.2) is 5.65 Å². The molecule has 3 rings (SSSR count). The summed E-state index contributed by atoms with van der Waals surface area (Å²) in [7, 11) is -16.9. The Kier molecular flexibility index (Phi) is 10.7. The second kappa shape index (κ2) is 13.5. The Labute approximate surface area is 234 Å². The molecule has 0 spiro atoms. The Balaban J connectivity index is 1.88. The molecule has 2 aromatic rings. The van der Waals surface area contributed by atoms with Gasteiger partial charge < -0.3 is 44.7 Å². The topological polar surface area (TPSA) is 333 Å². The third-order valence-corrected chi connectivity index (χ3v) is 8.87. The smallest absolute Gasteiger partial charge is 0.369 e. The largest absolute Gasteiger partial charge is 0.490 e. The van der Waals surface area contributed by atoms with E-state index in [9.17, 15) is 33.1 Å². The van der Waals surface area contributed by atoms with Crippen LogP contribution in [0.25, 0.3) is 21.5 Å². The van der Waals surface area contributed by atoms with Crippen molar-refractivity contribution < 1.29 is 60.7 Å². The number of nitrogen functional groups attached to an aromatic ring is 1. The maximum absolute atomic E-state index is 12.7. The molecule has 0 aromatic carbocycles. The lowest BCUT2D eigenvalue weighted by molar-refractivity contribution is -0.118. The summed E-state index contributed by atoms with van der Waals surface area (Å²) in [5, 5.41) is 5.73. The number of nitrogens with zero attached hydrogens (tertiary/aromatic N) is 5. The van der Waals surface area contributed by atoms with Crippen LogP contribution < -0.4 is 16.6 Å². The van der Waals surface area contributed by atoms with Gasteiger partial charge >= 0.3 is 23.5 Å². The highest BCUT2D eigenvalue weighted by atomic mass is 31.3. The van der Waals surface area contributed by atoms with Gasteiger partial charge in [0.25, 0.3) is 5.56 Å².